The molecule has 4 aliphatic rings. The Morgan fingerprint density at radius 2 is 1.73 bits per heavy atom. The van der Waals surface area contributed by atoms with Gasteiger partial charge in [0.15, 0.2) is 5.78 Å². The van der Waals surface area contributed by atoms with Gasteiger partial charge in [0.1, 0.15) is 5.54 Å². The molecule has 3 aromatic rings. The summed E-state index contributed by atoms with van der Waals surface area (Å²) in [5.41, 5.74) is 14.9. The molecule has 3 aromatic heterocycles. The smallest absolute Gasteiger partial charge is 0.305 e. The minimum Gasteiger partial charge on any atom is -0.469 e. The van der Waals surface area contributed by atoms with Gasteiger partial charge in [-0.05, 0) is 87.9 Å². The number of carbonyl (C=O) groups excluding carboxylic acids is 2. The molecule has 3 aliphatic heterocycles. The third kappa shape index (κ3) is 4.72. The first-order chi connectivity index (χ1) is 23.0. The lowest BCUT2D eigenvalue weighted by Crippen LogP contribution is -2.61. The lowest BCUT2D eigenvalue weighted by molar-refractivity contribution is -0.140. The van der Waals surface area contributed by atoms with Gasteiger partial charge >= 0.3 is 5.97 Å². The van der Waals surface area contributed by atoms with Gasteiger partial charge in [0.05, 0.1) is 18.3 Å². The lowest BCUT2D eigenvalue weighted by Gasteiger charge is -2.40. The van der Waals surface area contributed by atoms with Crippen LogP contribution in [0.15, 0.2) is 21.6 Å². The number of Topliss-reactive ketones (excluding diaryl/α,β-unsaturated/α-hetero) is 1. The molecule has 1 aliphatic carbocycles. The Balaban J connectivity index is 1.55. The van der Waals surface area contributed by atoms with E-state index < -0.39 is 16.5 Å². The summed E-state index contributed by atoms with van der Waals surface area (Å²) in [6.45, 7) is 14.1. The monoisotopic (exact) mass is 683 g/mol. The molecule has 11 nitrogen and oxygen atoms in total. The number of hydrogen-bond acceptors (Lipinski definition) is 8. The molecule has 6 atom stereocenters. The zero-order chi connectivity index (χ0) is 35.4. The van der Waals surface area contributed by atoms with Crippen molar-refractivity contribution in [1.82, 2.24) is 20.3 Å². The van der Waals surface area contributed by atoms with Gasteiger partial charge in [-0.2, -0.15) is 10.2 Å². The molecule has 0 spiro atoms. The van der Waals surface area contributed by atoms with Crippen LogP contribution in [0.3, 0.4) is 0 Å². The summed E-state index contributed by atoms with van der Waals surface area (Å²) < 4.78 is 5.01. The zero-order valence-corrected chi connectivity index (χ0v) is 30.6. The van der Waals surface area contributed by atoms with Gasteiger partial charge in [-0.15, -0.1) is 0 Å². The van der Waals surface area contributed by atoms with E-state index in [0.29, 0.717) is 6.42 Å². The maximum absolute atomic E-state index is 13.6. The second-order valence-electron chi connectivity index (χ2n) is 14.5. The minimum absolute atomic E-state index is 0.00113. The Morgan fingerprint density at radius 1 is 1.04 bits per heavy atom. The van der Waals surface area contributed by atoms with Crippen molar-refractivity contribution >= 4 is 44.8 Å². The van der Waals surface area contributed by atoms with Crippen molar-refractivity contribution in [3.63, 3.8) is 0 Å². The number of aromatic nitrogens is 3. The second kappa shape index (κ2) is 11.2. The maximum Gasteiger partial charge on any atom is 0.305 e. The third-order valence-corrected chi connectivity index (χ3v) is 12.5. The highest BCUT2D eigenvalue weighted by molar-refractivity contribution is 7.18. The number of nitrogens with zero attached hydrogens (tertiary/aromatic N) is 2. The van der Waals surface area contributed by atoms with Gasteiger partial charge in [-0.25, -0.2) is 0 Å². The number of esters is 1. The summed E-state index contributed by atoms with van der Waals surface area (Å²) in [7, 11) is 3.78. The predicted molar refractivity (Wildman–Crippen MR) is 193 cm³/mol. The van der Waals surface area contributed by atoms with Crippen LogP contribution in [-0.2, 0) is 21.5 Å². The molecule has 12 heteroatoms. The quantitative estimate of drug-likeness (QED) is 0.174. The largest absolute Gasteiger partial charge is 0.469 e. The Kier molecular flexibility index (Phi) is 7.67. The average Bonchev–Trinajstić information content (AvgIpc) is 3.83. The fraction of sp³-hybridized carbons (Fsp3) is 0.459. The van der Waals surface area contributed by atoms with Crippen molar-refractivity contribution in [3.8, 4) is 0 Å². The van der Waals surface area contributed by atoms with E-state index in [1.54, 1.807) is 6.92 Å². The summed E-state index contributed by atoms with van der Waals surface area (Å²) in [5.74, 6) is -0.225. The number of carbonyl (C=O) groups is 2. The van der Waals surface area contributed by atoms with Crippen molar-refractivity contribution < 1.29 is 19.4 Å². The molecule has 0 saturated carbocycles. The molecule has 258 valence electrons. The fourth-order valence-corrected chi connectivity index (χ4v) is 8.72. The first-order valence-corrected chi connectivity index (χ1v) is 17.5. The molecule has 0 aromatic carbocycles. The molecular formula is C37H46N7O4P. The topological polar surface area (TPSA) is 174 Å². The van der Waals surface area contributed by atoms with E-state index in [1.807, 2.05) is 20.8 Å². The van der Waals surface area contributed by atoms with E-state index in [0.717, 1.165) is 84.7 Å². The number of ether oxygens (including phenoxy) is 1. The normalized spacial score (nSPS) is 28.5. The summed E-state index contributed by atoms with van der Waals surface area (Å²) in [6, 6.07) is 0. The van der Waals surface area contributed by atoms with Gasteiger partial charge in [0.2, 0.25) is 5.47 Å². The van der Waals surface area contributed by atoms with Gasteiger partial charge < -0.3 is 35.8 Å². The highest BCUT2D eigenvalue weighted by atomic mass is 31.0. The Hall–Kier alpha value is -4.05. The molecular weight excluding hydrogens is 637 g/mol. The van der Waals surface area contributed by atoms with Crippen LogP contribution in [0, 0.1) is 32.6 Å². The third-order valence-electron chi connectivity index (χ3n) is 11.8. The maximum atomic E-state index is 13.6. The summed E-state index contributed by atoms with van der Waals surface area (Å²) in [5, 5.41) is 25.7. The highest BCUT2D eigenvalue weighted by Crippen LogP contribution is 2.53. The number of ketones is 1. The number of aromatic amines is 3. The number of H-pyrrole nitrogens is 3. The lowest BCUT2D eigenvalue weighted by atomic mass is 9.73. The molecule has 6 heterocycles. The molecule has 0 amide bonds. The molecule has 8 bridgehead atoms. The van der Waals surface area contributed by atoms with Crippen molar-refractivity contribution in [2.24, 2.45) is 27.8 Å². The van der Waals surface area contributed by atoms with Crippen LogP contribution < -0.4 is 21.7 Å². The number of methoxy groups -OCH3 is 1. The molecule has 7 N–H and O–H groups in total. The highest BCUT2D eigenvalue weighted by Gasteiger charge is 2.61. The molecule has 0 radical (unpaired) electrons. The van der Waals surface area contributed by atoms with Crippen LogP contribution in [0.4, 0.5) is 0 Å². The molecule has 3 unspecified atom stereocenters. The van der Waals surface area contributed by atoms with Crippen LogP contribution in [0.1, 0.15) is 108 Å². The molecule has 7 rings (SSSR count). The van der Waals surface area contributed by atoms with Crippen LogP contribution in [0.5, 0.6) is 0 Å². The molecule has 49 heavy (non-hydrogen) atoms. The molecule has 1 fully saturated rings. The van der Waals surface area contributed by atoms with Gasteiger partial charge in [-0.1, -0.05) is 23.1 Å². The van der Waals surface area contributed by atoms with Crippen LogP contribution >= 0.6 is 9.24 Å². The fourth-order valence-electron chi connectivity index (χ4n) is 8.38. The number of aliphatic hydroxyl groups is 1. The van der Waals surface area contributed by atoms with E-state index in [9.17, 15) is 14.7 Å². The number of hydrogen-bond donors (Lipinski definition) is 6. The van der Waals surface area contributed by atoms with E-state index in [1.165, 1.54) is 12.7 Å². The number of allylic oxidation sites excluding steroid dienone is 3. The summed E-state index contributed by atoms with van der Waals surface area (Å²) >= 11 is 0. The van der Waals surface area contributed by atoms with Crippen LogP contribution in [-0.4, -0.2) is 49.9 Å². The van der Waals surface area contributed by atoms with Crippen LogP contribution in [0.25, 0.3) is 23.8 Å². The number of azo groups is 1. The average molecular weight is 684 g/mol. The zero-order valence-electron chi connectivity index (χ0n) is 29.4. The van der Waals surface area contributed by atoms with Crippen LogP contribution in [0.2, 0.25) is 0 Å². The molecule has 1 saturated heterocycles. The first kappa shape index (κ1) is 33.4. The standard InChI is InChI=1S/C37H46N7O4P/c1-9-20-16(2)23-15-28-32(35(6)36(7,38)37(47,49)44-43-35)19(5)26(40-28)13-24-17(3)21(10-11-30(46)48-8)33(41-24)22-12-29(45)31-18(4)25(42-34(22)31)14-27(20)39-23/h13-15,17,21,39-42,47H,9-12,38,49H2,1-8H3/t17?,21?,35-,36+,37-/m1/s1. The predicted octanol–water partition coefficient (Wildman–Crippen LogP) is 4.20. The number of rotatable bonds is 5. The van der Waals surface area contributed by atoms with Gasteiger partial charge in [0, 0.05) is 80.6 Å². The van der Waals surface area contributed by atoms with Crippen molar-refractivity contribution in [3.05, 3.63) is 78.2 Å². The van der Waals surface area contributed by atoms with Crippen molar-refractivity contribution in [1.29, 1.82) is 0 Å². The van der Waals surface area contributed by atoms with E-state index in [2.05, 4.69) is 78.7 Å². The summed E-state index contributed by atoms with van der Waals surface area (Å²) in [4.78, 5) is 37.0. The number of nitrogens with two attached hydrogens (primary N) is 1. The Morgan fingerprint density at radius 3 is 2.39 bits per heavy atom. The van der Waals surface area contributed by atoms with Crippen molar-refractivity contribution in [2.75, 3.05) is 7.11 Å². The number of nitrogens with one attached hydrogen (secondary N) is 4. The SMILES string of the molecule is CCc1c(C)c2[nH]c1=Cc1[nH]c3c(c1C)C(=O)CC3=C1NC(=Cc3[nH]c(c([C@@]4(C)N=N[C@](O)(P)[C@@]4(C)N)c3C)C=2)C(C)C1CCC(=O)OC. The van der Waals surface area contributed by atoms with Gasteiger partial charge in [0.25, 0.3) is 0 Å². The minimum atomic E-state index is -1.66. The first-order valence-electron chi connectivity index (χ1n) is 17.0. The Labute approximate surface area is 287 Å². The van der Waals surface area contributed by atoms with E-state index in [-0.39, 0.29) is 36.4 Å². The number of fused-ring (bicyclic) bond motifs is 7. The van der Waals surface area contributed by atoms with E-state index in [4.69, 9.17) is 10.5 Å². The van der Waals surface area contributed by atoms with Crippen molar-refractivity contribution in [2.45, 2.75) is 90.7 Å². The summed E-state index contributed by atoms with van der Waals surface area (Å²) in [6.07, 6.45) is 8.23. The van der Waals surface area contributed by atoms with Gasteiger partial charge in [-0.3, -0.25) is 9.59 Å². The second-order valence-corrected chi connectivity index (χ2v) is 15.3. The Bertz CT molecular complexity index is 2180. The van der Waals surface area contributed by atoms with E-state index >= 15 is 0 Å².